The van der Waals surface area contributed by atoms with Crippen molar-refractivity contribution in [2.24, 2.45) is 0 Å². The number of benzene rings is 2. The Morgan fingerprint density at radius 1 is 1.07 bits per heavy atom. The quantitative estimate of drug-likeness (QED) is 0.595. The number of piperidine rings is 1. The fourth-order valence-corrected chi connectivity index (χ4v) is 4.39. The zero-order chi connectivity index (χ0) is 20.5. The molecule has 0 spiro atoms. The summed E-state index contributed by atoms with van der Waals surface area (Å²) < 4.78 is 12.1. The normalized spacial score (nSPS) is 18.2. The van der Waals surface area contributed by atoms with Crippen LogP contribution in [0.3, 0.4) is 0 Å². The average Bonchev–Trinajstić information content (AvgIpc) is 2.79. The summed E-state index contributed by atoms with van der Waals surface area (Å²) in [5, 5.41) is 0.480. The number of ether oxygens (including phenoxy) is 2. The second-order valence-corrected chi connectivity index (χ2v) is 7.99. The molecule has 30 heavy (non-hydrogen) atoms. The first-order chi connectivity index (χ1) is 14.7. The van der Waals surface area contributed by atoms with Crippen molar-refractivity contribution in [3.8, 4) is 17.2 Å². The van der Waals surface area contributed by atoms with Crippen LogP contribution >= 0.6 is 11.6 Å². The summed E-state index contributed by atoms with van der Waals surface area (Å²) in [4.78, 5) is 19.6. The Bertz CT molecular complexity index is 1040. The highest BCUT2D eigenvalue weighted by molar-refractivity contribution is 6.31. The summed E-state index contributed by atoms with van der Waals surface area (Å²) in [5.74, 6) is 1.78. The summed E-state index contributed by atoms with van der Waals surface area (Å²) in [5.41, 5.74) is 1.81. The highest BCUT2D eigenvalue weighted by atomic mass is 35.5. The van der Waals surface area contributed by atoms with E-state index in [1.165, 1.54) is 0 Å². The number of hydrogen-bond acceptors (Lipinski definition) is 4. The number of rotatable bonds is 3. The van der Waals surface area contributed by atoms with Crippen LogP contribution in [0.2, 0.25) is 5.02 Å². The van der Waals surface area contributed by atoms with Gasteiger partial charge in [0.2, 0.25) is 5.91 Å². The first-order valence-electron chi connectivity index (χ1n) is 10.1. The number of carbonyl (C=O) groups excluding carboxylic acids is 1. The standard InChI is InChI=1S/C24H21ClN2O3/c25-19-14-26-12-11-22(19)29-16-6-5-13-27(15-16)24(28)23-17-7-1-3-9-20(17)30-21-10-4-2-8-18(21)23/h1-4,7-12,14,16,23H,5-6,13,15H2/t16-/m1/s1. The van der Waals surface area contributed by atoms with E-state index in [4.69, 9.17) is 21.1 Å². The Morgan fingerprint density at radius 3 is 2.47 bits per heavy atom. The Hall–Kier alpha value is -3.05. The molecular weight excluding hydrogens is 400 g/mol. The van der Waals surface area contributed by atoms with Gasteiger partial charge in [0.05, 0.1) is 12.5 Å². The minimum Gasteiger partial charge on any atom is -0.487 e. The Morgan fingerprint density at radius 2 is 1.77 bits per heavy atom. The summed E-state index contributed by atoms with van der Waals surface area (Å²) in [6, 6.07) is 17.3. The molecule has 0 radical (unpaired) electrons. The molecule has 2 aliphatic heterocycles. The van der Waals surface area contributed by atoms with Gasteiger partial charge in [0.1, 0.15) is 28.4 Å². The lowest BCUT2D eigenvalue weighted by Gasteiger charge is -2.37. The fourth-order valence-electron chi connectivity index (χ4n) is 4.23. The fraction of sp³-hybridized carbons (Fsp3) is 0.250. The first kappa shape index (κ1) is 18.9. The smallest absolute Gasteiger partial charge is 0.234 e. The maximum Gasteiger partial charge on any atom is 0.234 e. The third kappa shape index (κ3) is 3.50. The van der Waals surface area contributed by atoms with Crippen LogP contribution in [0.5, 0.6) is 17.2 Å². The van der Waals surface area contributed by atoms with Crippen LogP contribution in [0.15, 0.2) is 67.0 Å². The lowest BCUT2D eigenvalue weighted by molar-refractivity contribution is -0.134. The van der Waals surface area contributed by atoms with Crippen LogP contribution in [0.25, 0.3) is 0 Å². The van der Waals surface area contributed by atoms with E-state index in [-0.39, 0.29) is 17.9 Å². The number of hydrogen-bond donors (Lipinski definition) is 0. The molecule has 6 heteroatoms. The van der Waals surface area contributed by atoms with Crippen molar-refractivity contribution in [2.45, 2.75) is 24.9 Å². The van der Waals surface area contributed by atoms with E-state index in [1.807, 2.05) is 53.4 Å². The number of para-hydroxylation sites is 2. The molecule has 1 saturated heterocycles. The van der Waals surface area contributed by atoms with Crippen molar-refractivity contribution >= 4 is 17.5 Å². The monoisotopic (exact) mass is 420 g/mol. The van der Waals surface area contributed by atoms with Crippen LogP contribution < -0.4 is 9.47 Å². The van der Waals surface area contributed by atoms with Crippen LogP contribution in [0.4, 0.5) is 0 Å². The first-order valence-corrected chi connectivity index (χ1v) is 10.5. The van der Waals surface area contributed by atoms with E-state index in [0.29, 0.717) is 23.9 Å². The molecule has 0 unspecified atom stereocenters. The predicted molar refractivity (Wildman–Crippen MR) is 114 cm³/mol. The maximum absolute atomic E-state index is 13.7. The SMILES string of the molecule is O=C(C1c2ccccc2Oc2ccccc21)N1CCC[C@@H](Oc2ccncc2Cl)C1. The van der Waals surface area contributed by atoms with Crippen molar-refractivity contribution in [3.05, 3.63) is 83.1 Å². The molecule has 1 fully saturated rings. The van der Waals surface area contributed by atoms with Crippen molar-refractivity contribution in [1.82, 2.24) is 9.88 Å². The molecule has 1 amide bonds. The number of nitrogens with zero attached hydrogens (tertiary/aromatic N) is 2. The van der Waals surface area contributed by atoms with Crippen molar-refractivity contribution in [2.75, 3.05) is 13.1 Å². The zero-order valence-electron chi connectivity index (χ0n) is 16.3. The maximum atomic E-state index is 13.7. The van der Waals surface area contributed by atoms with Gasteiger partial charge in [-0.3, -0.25) is 9.78 Å². The van der Waals surface area contributed by atoms with E-state index in [2.05, 4.69) is 4.98 Å². The van der Waals surface area contributed by atoms with Crippen LogP contribution in [0.1, 0.15) is 29.9 Å². The number of carbonyl (C=O) groups is 1. The van der Waals surface area contributed by atoms with Crippen molar-refractivity contribution in [3.63, 3.8) is 0 Å². The molecule has 152 valence electrons. The van der Waals surface area contributed by atoms with Gasteiger partial charge in [-0.05, 0) is 25.0 Å². The number of fused-ring (bicyclic) bond motifs is 2. The Labute approximate surface area is 180 Å². The molecule has 0 saturated carbocycles. The molecule has 0 aliphatic carbocycles. The second-order valence-electron chi connectivity index (χ2n) is 7.58. The lowest BCUT2D eigenvalue weighted by atomic mass is 9.86. The third-order valence-electron chi connectivity index (χ3n) is 5.65. The van der Waals surface area contributed by atoms with Gasteiger partial charge in [-0.2, -0.15) is 0 Å². The molecule has 5 nitrogen and oxygen atoms in total. The number of likely N-dealkylation sites (tertiary alicyclic amines) is 1. The molecular formula is C24H21ClN2O3. The number of halogens is 1. The third-order valence-corrected chi connectivity index (χ3v) is 5.93. The highest BCUT2D eigenvalue weighted by Gasteiger charge is 2.37. The minimum absolute atomic E-state index is 0.0762. The molecule has 1 atom stereocenters. The van der Waals surface area contributed by atoms with E-state index in [9.17, 15) is 4.79 Å². The van der Waals surface area contributed by atoms with E-state index < -0.39 is 0 Å². The van der Waals surface area contributed by atoms with E-state index >= 15 is 0 Å². The second kappa shape index (κ2) is 8.00. The Kier molecular flexibility index (Phi) is 5.05. The van der Waals surface area contributed by atoms with Gasteiger partial charge in [0.25, 0.3) is 0 Å². The summed E-state index contributed by atoms with van der Waals surface area (Å²) in [7, 11) is 0. The summed E-state index contributed by atoms with van der Waals surface area (Å²) >= 11 is 6.19. The van der Waals surface area contributed by atoms with Crippen LogP contribution in [0, 0.1) is 0 Å². The molecule has 5 rings (SSSR count). The topological polar surface area (TPSA) is 51.7 Å². The van der Waals surface area contributed by atoms with Gasteiger partial charge in [-0.1, -0.05) is 48.0 Å². The molecule has 1 aromatic heterocycles. The van der Waals surface area contributed by atoms with Gasteiger partial charge < -0.3 is 14.4 Å². The molecule has 0 N–H and O–H groups in total. The predicted octanol–water partition coefficient (Wildman–Crippen LogP) is 5.04. The largest absolute Gasteiger partial charge is 0.487 e. The molecule has 3 heterocycles. The van der Waals surface area contributed by atoms with Crippen molar-refractivity contribution in [1.29, 1.82) is 0 Å². The van der Waals surface area contributed by atoms with E-state index in [0.717, 1.165) is 35.5 Å². The number of pyridine rings is 1. The molecule has 2 aliphatic rings. The highest BCUT2D eigenvalue weighted by Crippen LogP contribution is 2.44. The van der Waals surface area contributed by atoms with Gasteiger partial charge in [0, 0.05) is 36.1 Å². The molecule has 3 aromatic rings. The lowest BCUT2D eigenvalue weighted by Crippen LogP contribution is -2.46. The molecule has 0 bridgehead atoms. The minimum atomic E-state index is -0.380. The Balaban J connectivity index is 1.41. The van der Waals surface area contributed by atoms with Gasteiger partial charge in [-0.25, -0.2) is 0 Å². The van der Waals surface area contributed by atoms with E-state index in [1.54, 1.807) is 18.5 Å². The van der Waals surface area contributed by atoms with Gasteiger partial charge in [0.15, 0.2) is 0 Å². The summed E-state index contributed by atoms with van der Waals surface area (Å²) in [6.07, 6.45) is 4.88. The average molecular weight is 421 g/mol. The number of amides is 1. The molecule has 2 aromatic carbocycles. The zero-order valence-corrected chi connectivity index (χ0v) is 17.1. The van der Waals surface area contributed by atoms with Crippen LogP contribution in [-0.2, 0) is 4.79 Å². The van der Waals surface area contributed by atoms with Crippen molar-refractivity contribution < 1.29 is 14.3 Å². The number of aromatic nitrogens is 1. The van der Waals surface area contributed by atoms with Gasteiger partial charge in [-0.15, -0.1) is 0 Å². The van der Waals surface area contributed by atoms with Crippen LogP contribution in [-0.4, -0.2) is 35.0 Å². The van der Waals surface area contributed by atoms with Gasteiger partial charge >= 0.3 is 0 Å². The summed E-state index contributed by atoms with van der Waals surface area (Å²) in [6.45, 7) is 1.24.